The van der Waals surface area contributed by atoms with Crippen molar-refractivity contribution in [2.75, 3.05) is 6.54 Å². The summed E-state index contributed by atoms with van der Waals surface area (Å²) in [4.78, 5) is 60.7. The van der Waals surface area contributed by atoms with Crippen molar-refractivity contribution in [3.05, 3.63) is 0 Å². The molecule has 23 heavy (non-hydrogen) atoms. The van der Waals surface area contributed by atoms with Crippen LogP contribution in [0, 0.1) is 0 Å². The smallest absolute Gasteiger partial charge is 0.345 e. The molecule has 1 atom stereocenters. The maximum atomic E-state index is 11.6. The van der Waals surface area contributed by atoms with E-state index in [4.69, 9.17) is 4.55 Å². The van der Waals surface area contributed by atoms with E-state index in [1.165, 1.54) is 6.92 Å². The van der Waals surface area contributed by atoms with Crippen LogP contribution in [0.2, 0.25) is 0 Å². The second kappa shape index (κ2) is 7.28. The summed E-state index contributed by atoms with van der Waals surface area (Å²) < 4.78 is 30.6. The number of carbonyl (C=O) groups is 5. The SMILES string of the molecule is CC(=O)CCC(=O)NCC(=O)ON1C(=O)CC(S(=O)(=O)O)C1=O. The van der Waals surface area contributed by atoms with Crippen LogP contribution in [0.1, 0.15) is 26.2 Å². The standard InChI is InChI=1S/C11H14N2O9S/c1-6(14)2-3-8(15)12-5-10(17)22-13-9(16)4-7(11(13)18)23(19,20)21/h7H,2-5H2,1H3,(H,12,15)(H,19,20,21). The summed E-state index contributed by atoms with van der Waals surface area (Å²) in [6, 6.07) is 0. The highest BCUT2D eigenvalue weighted by molar-refractivity contribution is 7.87. The summed E-state index contributed by atoms with van der Waals surface area (Å²) in [6.45, 7) is 0.599. The van der Waals surface area contributed by atoms with Crippen LogP contribution < -0.4 is 5.32 Å². The molecule has 0 aromatic carbocycles. The van der Waals surface area contributed by atoms with Crippen LogP contribution in [-0.2, 0) is 38.9 Å². The average Bonchev–Trinajstić information content (AvgIpc) is 2.70. The lowest BCUT2D eigenvalue weighted by Crippen LogP contribution is -2.40. The van der Waals surface area contributed by atoms with Crippen molar-refractivity contribution >= 4 is 39.6 Å². The first-order valence-electron chi connectivity index (χ1n) is 6.32. The van der Waals surface area contributed by atoms with Gasteiger partial charge in [0.2, 0.25) is 5.91 Å². The first-order valence-corrected chi connectivity index (χ1v) is 7.82. The number of ketones is 1. The lowest BCUT2D eigenvalue weighted by atomic mass is 10.2. The molecule has 1 unspecified atom stereocenters. The number of Topliss-reactive ketones (excluding diaryl/α,β-unsaturated/α-hetero) is 1. The van der Waals surface area contributed by atoms with E-state index in [0.717, 1.165) is 0 Å². The van der Waals surface area contributed by atoms with Gasteiger partial charge in [0, 0.05) is 12.8 Å². The zero-order valence-corrected chi connectivity index (χ0v) is 12.8. The fraction of sp³-hybridized carbons (Fsp3) is 0.545. The van der Waals surface area contributed by atoms with Gasteiger partial charge in [-0.1, -0.05) is 0 Å². The third-order valence-electron chi connectivity index (χ3n) is 2.75. The number of nitrogens with zero attached hydrogens (tertiary/aromatic N) is 1. The van der Waals surface area contributed by atoms with E-state index in [1.807, 2.05) is 0 Å². The molecule has 128 valence electrons. The summed E-state index contributed by atoms with van der Waals surface area (Å²) in [6.07, 6.45) is -1.01. The van der Waals surface area contributed by atoms with Gasteiger partial charge in [-0.15, -0.1) is 5.06 Å². The highest BCUT2D eigenvalue weighted by Gasteiger charge is 2.48. The molecule has 1 saturated heterocycles. The lowest BCUT2D eigenvalue weighted by molar-refractivity contribution is -0.196. The van der Waals surface area contributed by atoms with Crippen molar-refractivity contribution in [3.8, 4) is 0 Å². The third kappa shape index (κ3) is 5.41. The van der Waals surface area contributed by atoms with Gasteiger partial charge in [-0.25, -0.2) is 4.79 Å². The normalized spacial score (nSPS) is 18.0. The maximum absolute atomic E-state index is 11.6. The van der Waals surface area contributed by atoms with Crippen LogP contribution in [0.5, 0.6) is 0 Å². The summed E-state index contributed by atoms with van der Waals surface area (Å²) in [5.74, 6) is -4.54. The highest BCUT2D eigenvalue weighted by atomic mass is 32.2. The van der Waals surface area contributed by atoms with Gasteiger partial charge in [-0.3, -0.25) is 18.9 Å². The Bertz CT molecular complexity index is 654. The van der Waals surface area contributed by atoms with Crippen LogP contribution in [0.25, 0.3) is 0 Å². The first kappa shape index (κ1) is 18.7. The molecule has 0 radical (unpaired) electrons. The van der Waals surface area contributed by atoms with E-state index in [1.54, 1.807) is 0 Å². The molecule has 0 aromatic rings. The number of hydrogen-bond donors (Lipinski definition) is 2. The van der Waals surface area contributed by atoms with Crippen molar-refractivity contribution in [1.82, 2.24) is 10.4 Å². The second-order valence-electron chi connectivity index (χ2n) is 4.68. The molecule has 0 aromatic heterocycles. The minimum atomic E-state index is -4.80. The Balaban J connectivity index is 2.51. The van der Waals surface area contributed by atoms with E-state index < -0.39 is 52.0 Å². The number of hydrogen-bond acceptors (Lipinski definition) is 8. The predicted molar refractivity (Wildman–Crippen MR) is 70.8 cm³/mol. The molecule has 0 saturated carbocycles. The van der Waals surface area contributed by atoms with Crippen LogP contribution in [0.4, 0.5) is 0 Å². The molecular weight excluding hydrogens is 336 g/mol. The molecular formula is C11H14N2O9S. The molecule has 1 heterocycles. The van der Waals surface area contributed by atoms with Crippen molar-refractivity contribution in [2.24, 2.45) is 0 Å². The Morgan fingerprint density at radius 1 is 1.30 bits per heavy atom. The third-order valence-corrected chi connectivity index (χ3v) is 3.84. The second-order valence-corrected chi connectivity index (χ2v) is 6.28. The minimum absolute atomic E-state index is 0.0139. The number of rotatable bonds is 7. The van der Waals surface area contributed by atoms with Crippen molar-refractivity contribution < 1.29 is 41.8 Å². The first-order chi connectivity index (χ1) is 10.5. The van der Waals surface area contributed by atoms with Gasteiger partial charge in [0.15, 0.2) is 5.25 Å². The molecule has 12 heteroatoms. The predicted octanol–water partition coefficient (Wildman–Crippen LogP) is -2.05. The van der Waals surface area contributed by atoms with Crippen LogP contribution in [0.15, 0.2) is 0 Å². The van der Waals surface area contributed by atoms with Crippen molar-refractivity contribution in [2.45, 2.75) is 31.4 Å². The minimum Gasteiger partial charge on any atom is -0.345 e. The van der Waals surface area contributed by atoms with Gasteiger partial charge in [0.1, 0.15) is 12.3 Å². The number of carbonyl (C=O) groups excluding carboxylic acids is 5. The Kier molecular flexibility index (Phi) is 5.92. The van der Waals surface area contributed by atoms with Gasteiger partial charge < -0.3 is 14.9 Å². The quantitative estimate of drug-likeness (QED) is 0.388. The fourth-order valence-corrected chi connectivity index (χ4v) is 2.30. The number of hydroxylamine groups is 2. The van der Waals surface area contributed by atoms with Crippen LogP contribution in [-0.4, -0.2) is 59.3 Å². The molecule has 11 nitrogen and oxygen atoms in total. The van der Waals surface area contributed by atoms with Crippen molar-refractivity contribution in [1.29, 1.82) is 0 Å². The molecule has 0 bridgehead atoms. The highest BCUT2D eigenvalue weighted by Crippen LogP contribution is 2.19. The molecule has 1 aliphatic heterocycles. The van der Waals surface area contributed by atoms with Gasteiger partial charge >= 0.3 is 5.97 Å². The fourth-order valence-electron chi connectivity index (χ4n) is 1.59. The molecule has 1 fully saturated rings. The largest absolute Gasteiger partial charge is 0.352 e. The van der Waals surface area contributed by atoms with E-state index >= 15 is 0 Å². The van der Waals surface area contributed by atoms with Crippen LogP contribution >= 0.6 is 0 Å². The molecule has 0 spiro atoms. The zero-order chi connectivity index (χ0) is 17.8. The van der Waals surface area contributed by atoms with Crippen LogP contribution in [0.3, 0.4) is 0 Å². The van der Waals surface area contributed by atoms with E-state index in [2.05, 4.69) is 10.2 Å². The molecule has 1 rings (SSSR count). The maximum Gasteiger partial charge on any atom is 0.352 e. The average molecular weight is 350 g/mol. The Morgan fingerprint density at radius 2 is 1.91 bits per heavy atom. The number of amides is 3. The van der Waals surface area contributed by atoms with E-state index in [-0.39, 0.29) is 23.7 Å². The molecule has 2 N–H and O–H groups in total. The molecule has 0 aliphatic carbocycles. The summed E-state index contributed by atoms with van der Waals surface area (Å²) in [5, 5.41) is 0.0129. The topological polar surface area (TPSA) is 164 Å². The van der Waals surface area contributed by atoms with Gasteiger partial charge in [0.25, 0.3) is 21.9 Å². The number of imide groups is 1. The van der Waals surface area contributed by atoms with Crippen molar-refractivity contribution in [3.63, 3.8) is 0 Å². The summed E-state index contributed by atoms with van der Waals surface area (Å²) in [5.41, 5.74) is 0. The zero-order valence-electron chi connectivity index (χ0n) is 12.0. The van der Waals surface area contributed by atoms with E-state index in [9.17, 15) is 32.4 Å². The summed E-state index contributed by atoms with van der Waals surface area (Å²) in [7, 11) is -4.80. The number of nitrogens with one attached hydrogen (secondary N) is 1. The molecule has 1 aliphatic rings. The summed E-state index contributed by atoms with van der Waals surface area (Å²) >= 11 is 0. The van der Waals surface area contributed by atoms with Gasteiger partial charge in [-0.05, 0) is 6.92 Å². The molecule has 3 amide bonds. The Hall–Kier alpha value is -2.34. The van der Waals surface area contributed by atoms with Gasteiger partial charge in [0.05, 0.1) is 6.42 Å². The lowest BCUT2D eigenvalue weighted by Gasteiger charge is -2.13. The van der Waals surface area contributed by atoms with E-state index in [0.29, 0.717) is 0 Å². The Labute approximate surface area is 130 Å². The van der Waals surface area contributed by atoms with Gasteiger partial charge in [-0.2, -0.15) is 8.42 Å². The Morgan fingerprint density at radius 3 is 2.39 bits per heavy atom. The monoisotopic (exact) mass is 350 g/mol.